The number of likely N-dealkylation sites (tertiary alicyclic amines) is 1. The second kappa shape index (κ2) is 6.90. The molecule has 1 spiro atoms. The third-order valence-corrected chi connectivity index (χ3v) is 7.32. The average molecular weight is 350 g/mol. The summed E-state index contributed by atoms with van der Waals surface area (Å²) in [5, 5.41) is 3.07. The molecule has 142 valence electrons. The van der Waals surface area contributed by atoms with Gasteiger partial charge in [-0.15, -0.1) is 0 Å². The fourth-order valence-electron chi connectivity index (χ4n) is 4.73. The van der Waals surface area contributed by atoms with E-state index in [1.807, 2.05) is 0 Å². The molecule has 25 heavy (non-hydrogen) atoms. The van der Waals surface area contributed by atoms with Gasteiger partial charge in [0.2, 0.25) is 0 Å². The number of hydrogen-bond acceptors (Lipinski definition) is 3. The third kappa shape index (κ3) is 3.57. The lowest BCUT2D eigenvalue weighted by molar-refractivity contribution is -0.134. The van der Waals surface area contributed by atoms with Gasteiger partial charge < -0.3 is 5.32 Å². The summed E-state index contributed by atoms with van der Waals surface area (Å²) < 4.78 is 0. The van der Waals surface area contributed by atoms with Crippen molar-refractivity contribution in [2.45, 2.75) is 78.2 Å². The molecule has 3 rings (SSSR count). The Labute approximate surface area is 152 Å². The maximum Gasteiger partial charge on any atom is 0.326 e. The van der Waals surface area contributed by atoms with E-state index < -0.39 is 5.54 Å². The molecule has 3 aliphatic rings. The van der Waals surface area contributed by atoms with Crippen molar-refractivity contribution in [3.63, 3.8) is 0 Å². The predicted molar refractivity (Wildman–Crippen MR) is 99.0 cm³/mol. The number of carbonyl (C=O) groups is 2. The Morgan fingerprint density at radius 1 is 1.12 bits per heavy atom. The standard InChI is InChI=1S/C20H35N3O2/c1-5-19(3,4)16-6-10-20(11-7-16)17(24)23(18(25)21-20)14-22-12-8-15(2)9-13-22/h15-16H,5-14H2,1-4H3,(H,21,25). The maximum atomic E-state index is 13.1. The van der Waals surface area contributed by atoms with Gasteiger partial charge in [0.05, 0.1) is 6.67 Å². The quantitative estimate of drug-likeness (QED) is 0.789. The highest BCUT2D eigenvalue weighted by atomic mass is 16.2. The van der Waals surface area contributed by atoms with E-state index in [1.165, 1.54) is 4.90 Å². The zero-order valence-electron chi connectivity index (χ0n) is 16.4. The predicted octanol–water partition coefficient (Wildman–Crippen LogP) is 3.59. The van der Waals surface area contributed by atoms with E-state index in [0.29, 0.717) is 18.0 Å². The Balaban J connectivity index is 1.62. The van der Waals surface area contributed by atoms with E-state index in [1.54, 1.807) is 0 Å². The van der Waals surface area contributed by atoms with Crippen LogP contribution in [0.1, 0.15) is 72.6 Å². The minimum absolute atomic E-state index is 0.0175. The Morgan fingerprint density at radius 2 is 1.72 bits per heavy atom. The van der Waals surface area contributed by atoms with Crippen molar-refractivity contribution in [3.8, 4) is 0 Å². The van der Waals surface area contributed by atoms with Crippen molar-refractivity contribution in [1.29, 1.82) is 0 Å². The molecule has 0 aromatic rings. The first kappa shape index (κ1) is 18.7. The lowest BCUT2D eigenvalue weighted by Crippen LogP contribution is -2.51. The minimum atomic E-state index is -0.625. The monoisotopic (exact) mass is 349 g/mol. The highest BCUT2D eigenvalue weighted by Gasteiger charge is 2.53. The molecule has 3 amide bonds. The molecule has 5 heteroatoms. The van der Waals surface area contributed by atoms with E-state index in [9.17, 15) is 9.59 Å². The van der Waals surface area contributed by atoms with Crippen LogP contribution in [-0.2, 0) is 4.79 Å². The summed E-state index contributed by atoms with van der Waals surface area (Å²) in [5.74, 6) is 1.41. The summed E-state index contributed by atoms with van der Waals surface area (Å²) in [4.78, 5) is 29.3. The first-order valence-corrected chi connectivity index (χ1v) is 10.1. The van der Waals surface area contributed by atoms with Crippen molar-refractivity contribution in [2.24, 2.45) is 17.3 Å². The lowest BCUT2D eigenvalue weighted by Gasteiger charge is -2.42. The Hall–Kier alpha value is -1.10. The number of nitrogens with one attached hydrogen (secondary N) is 1. The highest BCUT2D eigenvalue weighted by molar-refractivity contribution is 6.07. The van der Waals surface area contributed by atoms with E-state index in [-0.39, 0.29) is 11.9 Å². The van der Waals surface area contributed by atoms with Gasteiger partial charge in [-0.1, -0.05) is 34.1 Å². The number of urea groups is 1. The topological polar surface area (TPSA) is 52.7 Å². The van der Waals surface area contributed by atoms with Gasteiger partial charge >= 0.3 is 6.03 Å². The van der Waals surface area contributed by atoms with Crippen LogP contribution in [0.2, 0.25) is 0 Å². The van der Waals surface area contributed by atoms with Crippen LogP contribution in [0.15, 0.2) is 0 Å². The van der Waals surface area contributed by atoms with Crippen molar-refractivity contribution in [1.82, 2.24) is 15.1 Å². The zero-order chi connectivity index (χ0) is 18.2. The molecule has 2 saturated heterocycles. The van der Waals surface area contributed by atoms with E-state index in [4.69, 9.17) is 0 Å². The molecule has 3 fully saturated rings. The van der Waals surface area contributed by atoms with Crippen molar-refractivity contribution >= 4 is 11.9 Å². The van der Waals surface area contributed by atoms with E-state index in [2.05, 4.69) is 37.9 Å². The van der Waals surface area contributed by atoms with Crippen LogP contribution >= 0.6 is 0 Å². The van der Waals surface area contributed by atoms with Gasteiger partial charge in [0.25, 0.3) is 5.91 Å². The second-order valence-corrected chi connectivity index (χ2v) is 9.30. The molecule has 1 aliphatic carbocycles. The highest BCUT2D eigenvalue weighted by Crippen LogP contribution is 2.45. The number of carbonyl (C=O) groups excluding carboxylic acids is 2. The minimum Gasteiger partial charge on any atom is -0.323 e. The number of hydrogen-bond donors (Lipinski definition) is 1. The fourth-order valence-corrected chi connectivity index (χ4v) is 4.73. The van der Waals surface area contributed by atoms with Gasteiger partial charge in [0.15, 0.2) is 0 Å². The molecule has 0 atom stereocenters. The van der Waals surface area contributed by atoms with Gasteiger partial charge in [0, 0.05) is 13.1 Å². The molecular formula is C20H35N3O2. The fraction of sp³-hybridized carbons (Fsp3) is 0.900. The average Bonchev–Trinajstić information content (AvgIpc) is 2.81. The zero-order valence-corrected chi connectivity index (χ0v) is 16.4. The van der Waals surface area contributed by atoms with Gasteiger partial charge in [0.1, 0.15) is 5.54 Å². The molecule has 0 bridgehead atoms. The summed E-state index contributed by atoms with van der Waals surface area (Å²) in [7, 11) is 0. The third-order valence-electron chi connectivity index (χ3n) is 7.32. The summed E-state index contributed by atoms with van der Waals surface area (Å²) in [6.45, 7) is 11.6. The molecule has 1 saturated carbocycles. The first-order valence-electron chi connectivity index (χ1n) is 10.1. The van der Waals surface area contributed by atoms with Crippen LogP contribution in [0.4, 0.5) is 4.79 Å². The summed E-state index contributed by atoms with van der Waals surface area (Å²) in [6.07, 6.45) is 7.11. The smallest absolute Gasteiger partial charge is 0.323 e. The Bertz CT molecular complexity index is 515. The van der Waals surface area contributed by atoms with Gasteiger partial charge in [-0.25, -0.2) is 9.69 Å². The van der Waals surface area contributed by atoms with Gasteiger partial charge in [-0.2, -0.15) is 0 Å². The normalized spacial score (nSPS) is 32.5. The maximum absolute atomic E-state index is 13.1. The van der Waals surface area contributed by atoms with Crippen LogP contribution in [0.3, 0.4) is 0 Å². The number of imide groups is 1. The van der Waals surface area contributed by atoms with Gasteiger partial charge in [-0.3, -0.25) is 9.69 Å². The molecular weight excluding hydrogens is 314 g/mol. The number of amides is 3. The number of piperidine rings is 1. The van der Waals surface area contributed by atoms with E-state index >= 15 is 0 Å². The second-order valence-electron chi connectivity index (χ2n) is 9.30. The van der Waals surface area contributed by atoms with Gasteiger partial charge in [-0.05, 0) is 55.8 Å². The van der Waals surface area contributed by atoms with Crippen LogP contribution in [0.5, 0.6) is 0 Å². The summed E-state index contributed by atoms with van der Waals surface area (Å²) in [6, 6.07) is -0.183. The largest absolute Gasteiger partial charge is 0.326 e. The molecule has 0 radical (unpaired) electrons. The molecule has 5 nitrogen and oxygen atoms in total. The molecule has 1 N–H and O–H groups in total. The van der Waals surface area contributed by atoms with Crippen LogP contribution in [-0.4, -0.2) is 47.0 Å². The van der Waals surface area contributed by atoms with Crippen molar-refractivity contribution in [3.05, 3.63) is 0 Å². The summed E-state index contributed by atoms with van der Waals surface area (Å²) in [5.41, 5.74) is -0.308. The number of nitrogens with zero attached hydrogens (tertiary/aromatic N) is 2. The van der Waals surface area contributed by atoms with Crippen molar-refractivity contribution < 1.29 is 9.59 Å². The van der Waals surface area contributed by atoms with E-state index in [0.717, 1.165) is 64.0 Å². The summed E-state index contributed by atoms with van der Waals surface area (Å²) >= 11 is 0. The van der Waals surface area contributed by atoms with Crippen molar-refractivity contribution in [2.75, 3.05) is 19.8 Å². The SMILES string of the molecule is CCC(C)(C)C1CCC2(CC1)NC(=O)N(CN1CCC(C)CC1)C2=O. The molecule has 2 heterocycles. The first-order chi connectivity index (χ1) is 11.8. The van der Waals surface area contributed by atoms with Crippen LogP contribution in [0.25, 0.3) is 0 Å². The van der Waals surface area contributed by atoms with Crippen LogP contribution < -0.4 is 5.32 Å². The molecule has 2 aliphatic heterocycles. The Kier molecular flexibility index (Phi) is 5.16. The molecule has 0 aromatic heterocycles. The molecule has 0 aromatic carbocycles. The number of rotatable bonds is 4. The molecule has 0 unspecified atom stereocenters. The lowest BCUT2D eigenvalue weighted by atomic mass is 9.65. The van der Waals surface area contributed by atoms with Crippen LogP contribution in [0, 0.1) is 17.3 Å². The Morgan fingerprint density at radius 3 is 2.28 bits per heavy atom.